The predicted molar refractivity (Wildman–Crippen MR) is 84.2 cm³/mol. The molecular weight excluding hydrogens is 286 g/mol. The summed E-state index contributed by atoms with van der Waals surface area (Å²) in [6.45, 7) is 6.63. The minimum atomic E-state index is -0.697. The number of phenolic OH excluding ortho intramolecular Hbond substituents is 1. The van der Waals surface area contributed by atoms with Crippen LogP contribution in [0.1, 0.15) is 33.3 Å². The van der Waals surface area contributed by atoms with Gasteiger partial charge < -0.3 is 14.6 Å². The highest BCUT2D eigenvalue weighted by molar-refractivity contribution is 5.93. The normalized spacial score (nSPS) is 11.3. The third kappa shape index (κ3) is 5.47. The fourth-order valence-corrected chi connectivity index (χ4v) is 1.60. The van der Waals surface area contributed by atoms with Crippen molar-refractivity contribution in [2.24, 2.45) is 0 Å². The number of carbonyl (C=O) groups is 2. The SMILES string of the molecule is COc1cc(/C=C/C(C)=O)cc(NC(=O)OC(C)(C)C)c1O. The molecule has 22 heavy (non-hydrogen) atoms. The number of anilines is 1. The molecule has 6 nitrogen and oxygen atoms in total. The second kappa shape index (κ2) is 6.98. The Balaban J connectivity index is 3.09. The summed E-state index contributed by atoms with van der Waals surface area (Å²) in [5.74, 6) is -0.154. The Morgan fingerprint density at radius 3 is 2.41 bits per heavy atom. The van der Waals surface area contributed by atoms with Gasteiger partial charge in [0.05, 0.1) is 12.8 Å². The highest BCUT2D eigenvalue weighted by atomic mass is 16.6. The van der Waals surface area contributed by atoms with E-state index in [0.29, 0.717) is 5.56 Å². The van der Waals surface area contributed by atoms with E-state index in [9.17, 15) is 14.7 Å². The Bertz CT molecular complexity index is 599. The van der Waals surface area contributed by atoms with Gasteiger partial charge in [0.15, 0.2) is 17.3 Å². The van der Waals surface area contributed by atoms with E-state index < -0.39 is 11.7 Å². The van der Waals surface area contributed by atoms with Gasteiger partial charge in [-0.25, -0.2) is 4.79 Å². The number of ether oxygens (including phenoxy) is 2. The van der Waals surface area contributed by atoms with Gasteiger partial charge in [0, 0.05) is 0 Å². The summed E-state index contributed by atoms with van der Waals surface area (Å²) in [5, 5.41) is 12.5. The van der Waals surface area contributed by atoms with Gasteiger partial charge >= 0.3 is 6.09 Å². The summed E-state index contributed by atoms with van der Waals surface area (Å²) >= 11 is 0. The van der Waals surface area contributed by atoms with Gasteiger partial charge in [0.25, 0.3) is 0 Å². The monoisotopic (exact) mass is 307 g/mol. The zero-order valence-corrected chi connectivity index (χ0v) is 13.4. The number of allylic oxidation sites excluding steroid dienone is 1. The van der Waals surface area contributed by atoms with Crippen LogP contribution in [-0.2, 0) is 9.53 Å². The van der Waals surface area contributed by atoms with Gasteiger partial charge in [0.1, 0.15) is 5.60 Å². The van der Waals surface area contributed by atoms with Crippen LogP contribution in [0.4, 0.5) is 10.5 Å². The number of nitrogens with one attached hydrogen (secondary N) is 1. The molecule has 1 aromatic rings. The molecule has 0 unspecified atom stereocenters. The van der Waals surface area contributed by atoms with E-state index in [1.165, 1.54) is 26.2 Å². The third-order valence-electron chi connectivity index (χ3n) is 2.46. The molecule has 0 saturated heterocycles. The summed E-state index contributed by atoms with van der Waals surface area (Å²) in [4.78, 5) is 22.8. The minimum Gasteiger partial charge on any atom is -0.503 e. The number of rotatable bonds is 4. The van der Waals surface area contributed by atoms with Gasteiger partial charge in [-0.3, -0.25) is 10.1 Å². The molecule has 1 aromatic carbocycles. The van der Waals surface area contributed by atoms with Crippen LogP contribution in [0.15, 0.2) is 18.2 Å². The van der Waals surface area contributed by atoms with Crippen molar-refractivity contribution in [3.63, 3.8) is 0 Å². The average Bonchev–Trinajstić information content (AvgIpc) is 2.37. The van der Waals surface area contributed by atoms with Crippen molar-refractivity contribution >= 4 is 23.6 Å². The standard InChI is InChI=1S/C16H21NO5/c1-10(18)6-7-11-8-12(14(19)13(9-11)21-5)17-15(20)22-16(2,3)4/h6-9,19H,1-5H3,(H,17,20)/b7-6+. The summed E-state index contributed by atoms with van der Waals surface area (Å²) in [7, 11) is 1.39. The van der Waals surface area contributed by atoms with E-state index >= 15 is 0 Å². The Kier molecular flexibility index (Phi) is 5.56. The number of methoxy groups -OCH3 is 1. The van der Waals surface area contributed by atoms with Crippen LogP contribution in [-0.4, -0.2) is 29.7 Å². The summed E-state index contributed by atoms with van der Waals surface area (Å²) < 4.78 is 10.2. The smallest absolute Gasteiger partial charge is 0.412 e. The fourth-order valence-electron chi connectivity index (χ4n) is 1.60. The Hall–Kier alpha value is -2.50. The van der Waals surface area contributed by atoms with E-state index in [1.54, 1.807) is 32.9 Å². The maximum atomic E-state index is 11.8. The van der Waals surface area contributed by atoms with Crippen molar-refractivity contribution in [1.29, 1.82) is 0 Å². The van der Waals surface area contributed by atoms with Gasteiger partial charge in [-0.15, -0.1) is 0 Å². The average molecular weight is 307 g/mol. The molecule has 0 atom stereocenters. The molecule has 0 aromatic heterocycles. The Labute approximate surface area is 129 Å². The Morgan fingerprint density at radius 1 is 1.27 bits per heavy atom. The lowest BCUT2D eigenvalue weighted by Crippen LogP contribution is -2.27. The van der Waals surface area contributed by atoms with Crippen molar-refractivity contribution in [3.8, 4) is 11.5 Å². The first-order valence-corrected chi connectivity index (χ1v) is 6.72. The number of benzene rings is 1. The first kappa shape index (κ1) is 17.6. The number of hydrogen-bond acceptors (Lipinski definition) is 5. The maximum absolute atomic E-state index is 11.8. The van der Waals surface area contributed by atoms with Crippen LogP contribution in [0.2, 0.25) is 0 Å². The van der Waals surface area contributed by atoms with Crippen LogP contribution in [0.25, 0.3) is 6.08 Å². The highest BCUT2D eigenvalue weighted by Crippen LogP contribution is 2.36. The van der Waals surface area contributed by atoms with Crippen LogP contribution >= 0.6 is 0 Å². The first-order valence-electron chi connectivity index (χ1n) is 6.72. The summed E-state index contributed by atoms with van der Waals surface area (Å²) in [6, 6.07) is 3.07. The van der Waals surface area contributed by atoms with E-state index in [1.807, 2.05) is 0 Å². The molecule has 1 amide bonds. The molecule has 6 heteroatoms. The molecular formula is C16H21NO5. The molecule has 2 N–H and O–H groups in total. The van der Waals surface area contributed by atoms with Gasteiger partial charge in [-0.2, -0.15) is 0 Å². The second-order valence-electron chi connectivity index (χ2n) is 5.69. The highest BCUT2D eigenvalue weighted by Gasteiger charge is 2.18. The topological polar surface area (TPSA) is 84.9 Å². The van der Waals surface area contributed by atoms with E-state index in [4.69, 9.17) is 9.47 Å². The van der Waals surface area contributed by atoms with E-state index in [-0.39, 0.29) is 23.0 Å². The van der Waals surface area contributed by atoms with Crippen LogP contribution < -0.4 is 10.1 Å². The van der Waals surface area contributed by atoms with E-state index in [0.717, 1.165) is 0 Å². The van der Waals surface area contributed by atoms with E-state index in [2.05, 4.69) is 5.32 Å². The number of ketones is 1. The van der Waals surface area contributed by atoms with Crippen LogP contribution in [0.5, 0.6) is 11.5 Å². The number of carbonyl (C=O) groups excluding carboxylic acids is 2. The molecule has 0 radical (unpaired) electrons. The van der Waals surface area contributed by atoms with Crippen molar-refractivity contribution in [3.05, 3.63) is 23.8 Å². The maximum Gasteiger partial charge on any atom is 0.412 e. The van der Waals surface area contributed by atoms with Crippen molar-refractivity contribution in [2.45, 2.75) is 33.3 Å². The molecule has 0 aliphatic heterocycles. The molecule has 0 aliphatic carbocycles. The number of phenols is 1. The molecule has 0 bridgehead atoms. The lowest BCUT2D eigenvalue weighted by molar-refractivity contribution is -0.112. The predicted octanol–water partition coefficient (Wildman–Crippen LogP) is 3.35. The second-order valence-corrected chi connectivity index (χ2v) is 5.69. The molecule has 0 spiro atoms. The molecule has 1 rings (SSSR count). The summed E-state index contributed by atoms with van der Waals surface area (Å²) in [6.07, 6.45) is 2.24. The van der Waals surface area contributed by atoms with Crippen molar-refractivity contribution in [2.75, 3.05) is 12.4 Å². The molecule has 0 aliphatic rings. The summed E-state index contributed by atoms with van der Waals surface area (Å²) in [5.41, 5.74) is 0.0725. The van der Waals surface area contributed by atoms with Crippen molar-refractivity contribution in [1.82, 2.24) is 0 Å². The molecule has 0 heterocycles. The third-order valence-corrected chi connectivity index (χ3v) is 2.46. The Morgan fingerprint density at radius 2 is 1.91 bits per heavy atom. The minimum absolute atomic E-state index is 0.117. The van der Waals surface area contributed by atoms with Crippen molar-refractivity contribution < 1.29 is 24.2 Å². The lowest BCUT2D eigenvalue weighted by atomic mass is 10.1. The molecule has 0 fully saturated rings. The van der Waals surface area contributed by atoms with Crippen LogP contribution in [0, 0.1) is 0 Å². The zero-order valence-electron chi connectivity index (χ0n) is 13.4. The largest absolute Gasteiger partial charge is 0.503 e. The quantitative estimate of drug-likeness (QED) is 0.658. The van der Waals surface area contributed by atoms with Crippen LogP contribution in [0.3, 0.4) is 0 Å². The number of hydrogen-bond donors (Lipinski definition) is 2. The lowest BCUT2D eigenvalue weighted by Gasteiger charge is -2.20. The van der Waals surface area contributed by atoms with Gasteiger partial charge in [-0.05, 0) is 51.5 Å². The van der Waals surface area contributed by atoms with Gasteiger partial charge in [-0.1, -0.05) is 6.08 Å². The fraction of sp³-hybridized carbons (Fsp3) is 0.375. The van der Waals surface area contributed by atoms with Gasteiger partial charge in [0.2, 0.25) is 0 Å². The molecule has 120 valence electrons. The number of amides is 1. The molecule has 0 saturated carbocycles. The zero-order chi connectivity index (χ0) is 16.9. The number of aromatic hydroxyl groups is 1. The first-order chi connectivity index (χ1) is 10.1.